The van der Waals surface area contributed by atoms with Gasteiger partial charge in [0.25, 0.3) is 5.91 Å². The van der Waals surface area contributed by atoms with Crippen molar-refractivity contribution in [1.82, 2.24) is 25.6 Å². The maximum Gasteiger partial charge on any atom is 0.416 e. The minimum atomic E-state index is -4.48. The molecule has 2 aliphatic rings. The highest BCUT2D eigenvalue weighted by Crippen LogP contribution is 2.37. The minimum absolute atomic E-state index is 0.0767. The van der Waals surface area contributed by atoms with E-state index in [1.54, 1.807) is 25.1 Å². The van der Waals surface area contributed by atoms with E-state index in [0.717, 1.165) is 6.07 Å². The molecule has 1 aromatic heterocycles. The number of aromatic nitrogens is 2. The lowest BCUT2D eigenvalue weighted by Crippen LogP contribution is -2.42. The fraction of sp³-hybridized carbons (Fsp3) is 0.263. The molecule has 3 heterocycles. The molecule has 4 N–H and O–H groups in total. The maximum atomic E-state index is 13.5. The maximum absolute atomic E-state index is 13.5. The highest BCUT2D eigenvalue weighted by Gasteiger charge is 2.36. The van der Waals surface area contributed by atoms with Crippen LogP contribution in [0.2, 0.25) is 0 Å². The second kappa shape index (κ2) is 7.28. The molecule has 1 aromatic carbocycles. The first-order valence-electron chi connectivity index (χ1n) is 9.00. The molecule has 29 heavy (non-hydrogen) atoms. The van der Waals surface area contributed by atoms with Crippen LogP contribution in [0.25, 0.3) is 5.57 Å². The molecule has 2 aromatic rings. The van der Waals surface area contributed by atoms with Crippen molar-refractivity contribution < 1.29 is 18.0 Å². The summed E-state index contributed by atoms with van der Waals surface area (Å²) in [5.74, 6) is 0.615. The summed E-state index contributed by atoms with van der Waals surface area (Å²) in [4.78, 5) is 17.0. The van der Waals surface area contributed by atoms with Gasteiger partial charge in [-0.3, -0.25) is 10.1 Å². The van der Waals surface area contributed by atoms with Gasteiger partial charge in [0.1, 0.15) is 11.5 Å². The molecule has 4 rings (SSSR count). The molecule has 1 amide bonds. The van der Waals surface area contributed by atoms with Crippen LogP contribution in [0.15, 0.2) is 48.4 Å². The number of hydrogen-bond acceptors (Lipinski definition) is 5. The van der Waals surface area contributed by atoms with E-state index in [2.05, 4.69) is 26.4 Å². The van der Waals surface area contributed by atoms with E-state index in [1.807, 2.05) is 0 Å². The quantitative estimate of drug-likeness (QED) is 0.631. The van der Waals surface area contributed by atoms with Crippen LogP contribution in [-0.2, 0) is 6.18 Å². The number of rotatable bonds is 3. The van der Waals surface area contributed by atoms with Gasteiger partial charge in [-0.25, -0.2) is 9.66 Å². The number of alkyl halides is 3. The number of halogens is 3. The molecule has 0 bridgehead atoms. The Morgan fingerprint density at radius 3 is 2.83 bits per heavy atom. The Bertz CT molecular complexity index is 1010. The summed E-state index contributed by atoms with van der Waals surface area (Å²) in [5.41, 5.74) is 3.21. The molecular formula is C19H19F3N6O. The molecule has 1 atom stereocenters. The Morgan fingerprint density at radius 1 is 1.31 bits per heavy atom. The molecule has 0 saturated heterocycles. The van der Waals surface area contributed by atoms with Crippen molar-refractivity contribution in [2.45, 2.75) is 19.1 Å². The lowest BCUT2D eigenvalue weighted by Gasteiger charge is -2.28. The van der Waals surface area contributed by atoms with Crippen LogP contribution >= 0.6 is 0 Å². The van der Waals surface area contributed by atoms with Gasteiger partial charge in [-0.1, -0.05) is 18.2 Å². The van der Waals surface area contributed by atoms with Crippen molar-refractivity contribution in [3.05, 3.63) is 71.1 Å². The standard InChI is InChI=1S/C19H19F3N6O/c1-11-8-14(12-4-2-3-5-13(12)19(20,21)22)27-28-15(9-24-17(11)28)18(29)26-16-6-7-23-10-25-16/h2-6,8-9,14,23,25,27H,7,10H2,1H3,(H,26,29). The SMILES string of the molecule is CC1=CC(c2ccccc2C(F)(F)F)Nn2c(C(=O)NC3=CCNCN3)cnc21. The zero-order chi connectivity index (χ0) is 20.6. The van der Waals surface area contributed by atoms with Gasteiger partial charge < -0.3 is 16.1 Å². The van der Waals surface area contributed by atoms with Gasteiger partial charge in [-0.2, -0.15) is 13.2 Å². The van der Waals surface area contributed by atoms with Crippen LogP contribution in [0.5, 0.6) is 0 Å². The fourth-order valence-electron chi connectivity index (χ4n) is 3.37. The summed E-state index contributed by atoms with van der Waals surface area (Å²) in [5, 5.41) is 8.79. The molecule has 0 fully saturated rings. The van der Waals surface area contributed by atoms with Gasteiger partial charge >= 0.3 is 6.18 Å². The predicted octanol–water partition coefficient (Wildman–Crippen LogP) is 2.33. The average molecular weight is 404 g/mol. The Balaban J connectivity index is 1.66. The molecule has 152 valence electrons. The summed E-state index contributed by atoms with van der Waals surface area (Å²) in [7, 11) is 0. The summed E-state index contributed by atoms with van der Waals surface area (Å²) in [6.45, 7) is 2.89. The largest absolute Gasteiger partial charge is 0.416 e. The summed E-state index contributed by atoms with van der Waals surface area (Å²) >= 11 is 0. The molecule has 1 unspecified atom stereocenters. The summed E-state index contributed by atoms with van der Waals surface area (Å²) in [6, 6.07) is 4.62. The first kappa shape index (κ1) is 19.1. The van der Waals surface area contributed by atoms with Crippen molar-refractivity contribution in [3.8, 4) is 0 Å². The van der Waals surface area contributed by atoms with Crippen LogP contribution in [0.3, 0.4) is 0 Å². The van der Waals surface area contributed by atoms with Crippen LogP contribution < -0.4 is 21.4 Å². The van der Waals surface area contributed by atoms with E-state index < -0.39 is 23.7 Å². The molecule has 0 aliphatic carbocycles. The van der Waals surface area contributed by atoms with E-state index in [0.29, 0.717) is 30.4 Å². The van der Waals surface area contributed by atoms with Gasteiger partial charge in [-0.05, 0) is 36.3 Å². The molecule has 0 saturated carbocycles. The number of amides is 1. The van der Waals surface area contributed by atoms with E-state index >= 15 is 0 Å². The number of nitrogens with one attached hydrogen (secondary N) is 4. The molecule has 10 heteroatoms. The second-order valence-electron chi connectivity index (χ2n) is 6.72. The number of carbonyl (C=O) groups is 1. The third-order valence-corrected chi connectivity index (χ3v) is 4.74. The average Bonchev–Trinajstić information content (AvgIpc) is 3.13. The highest BCUT2D eigenvalue weighted by molar-refractivity contribution is 5.94. The van der Waals surface area contributed by atoms with E-state index in [9.17, 15) is 18.0 Å². The van der Waals surface area contributed by atoms with Gasteiger partial charge in [0.05, 0.1) is 24.5 Å². The normalized spacial score (nSPS) is 18.7. The molecular weight excluding hydrogens is 385 g/mol. The number of carbonyl (C=O) groups excluding carboxylic acids is 1. The number of imidazole rings is 1. The number of benzene rings is 1. The van der Waals surface area contributed by atoms with Gasteiger partial charge in [0.2, 0.25) is 0 Å². The first-order chi connectivity index (χ1) is 13.8. The Morgan fingerprint density at radius 2 is 2.10 bits per heavy atom. The lowest BCUT2D eigenvalue weighted by atomic mass is 9.97. The van der Waals surface area contributed by atoms with E-state index in [-0.39, 0.29) is 11.3 Å². The fourth-order valence-corrected chi connectivity index (χ4v) is 3.37. The van der Waals surface area contributed by atoms with Crippen LogP contribution in [-0.4, -0.2) is 28.8 Å². The minimum Gasteiger partial charge on any atom is -0.359 e. The molecule has 0 spiro atoms. The summed E-state index contributed by atoms with van der Waals surface area (Å²) < 4.78 is 41.8. The zero-order valence-corrected chi connectivity index (χ0v) is 15.5. The Hall–Kier alpha value is -3.27. The zero-order valence-electron chi connectivity index (χ0n) is 15.5. The number of hydrogen-bond donors (Lipinski definition) is 4. The molecule has 7 nitrogen and oxygen atoms in total. The Labute approximate surface area is 164 Å². The van der Waals surface area contributed by atoms with Crippen molar-refractivity contribution in [2.75, 3.05) is 18.6 Å². The monoisotopic (exact) mass is 404 g/mol. The second-order valence-corrected chi connectivity index (χ2v) is 6.72. The van der Waals surface area contributed by atoms with Crippen LogP contribution in [0.4, 0.5) is 13.2 Å². The van der Waals surface area contributed by atoms with Gasteiger partial charge in [0.15, 0.2) is 5.82 Å². The van der Waals surface area contributed by atoms with Crippen LogP contribution in [0.1, 0.15) is 40.4 Å². The van der Waals surface area contributed by atoms with E-state index in [4.69, 9.17) is 0 Å². The third kappa shape index (κ3) is 3.70. The van der Waals surface area contributed by atoms with E-state index in [1.165, 1.54) is 23.0 Å². The van der Waals surface area contributed by atoms with Gasteiger partial charge in [0, 0.05) is 6.54 Å². The lowest BCUT2D eigenvalue weighted by molar-refractivity contribution is -0.138. The van der Waals surface area contributed by atoms with Crippen molar-refractivity contribution in [1.29, 1.82) is 0 Å². The number of allylic oxidation sites excluding steroid dienone is 1. The van der Waals surface area contributed by atoms with Crippen molar-refractivity contribution in [2.24, 2.45) is 0 Å². The summed E-state index contributed by atoms with van der Waals surface area (Å²) in [6.07, 6.45) is 0.374. The molecule has 2 aliphatic heterocycles. The molecule has 0 radical (unpaired) electrons. The Kier molecular flexibility index (Phi) is 4.79. The highest BCUT2D eigenvalue weighted by atomic mass is 19.4. The first-order valence-corrected chi connectivity index (χ1v) is 9.00. The van der Waals surface area contributed by atoms with Gasteiger partial charge in [-0.15, -0.1) is 0 Å². The smallest absolute Gasteiger partial charge is 0.359 e. The van der Waals surface area contributed by atoms with Crippen molar-refractivity contribution >= 4 is 11.5 Å². The number of fused-ring (bicyclic) bond motifs is 1. The number of nitrogens with zero attached hydrogens (tertiary/aromatic N) is 2. The topological polar surface area (TPSA) is 83.0 Å². The van der Waals surface area contributed by atoms with Crippen molar-refractivity contribution in [3.63, 3.8) is 0 Å². The predicted molar refractivity (Wildman–Crippen MR) is 101 cm³/mol. The third-order valence-electron chi connectivity index (χ3n) is 4.74. The van der Waals surface area contributed by atoms with Crippen LogP contribution in [0, 0.1) is 0 Å².